The lowest BCUT2D eigenvalue weighted by atomic mass is 9.99. The SMILES string of the molecule is CCC(C)[C@@H]1N=C(C)c2ccccc2NC1=O. The Balaban J connectivity index is 2.43. The third-order valence-corrected chi connectivity index (χ3v) is 3.36. The average Bonchev–Trinajstić information content (AvgIpc) is 2.46. The minimum absolute atomic E-state index is 0.00338. The van der Waals surface area contributed by atoms with Gasteiger partial charge in [0.15, 0.2) is 0 Å². The minimum atomic E-state index is -0.271. The number of benzodiazepines with no additional fused rings is 1. The molecule has 0 fully saturated rings. The van der Waals surface area contributed by atoms with Gasteiger partial charge in [-0.15, -0.1) is 0 Å². The molecule has 1 aliphatic rings. The van der Waals surface area contributed by atoms with Crippen molar-refractivity contribution in [2.45, 2.75) is 33.2 Å². The predicted octanol–water partition coefficient (Wildman–Crippen LogP) is 2.86. The number of amides is 1. The van der Waals surface area contributed by atoms with E-state index in [1.54, 1.807) is 0 Å². The van der Waals surface area contributed by atoms with Gasteiger partial charge < -0.3 is 5.32 Å². The molecular formula is C14H18N2O. The summed E-state index contributed by atoms with van der Waals surface area (Å²) in [6, 6.07) is 7.54. The number of para-hydroxylation sites is 1. The van der Waals surface area contributed by atoms with Crippen molar-refractivity contribution in [2.24, 2.45) is 10.9 Å². The third-order valence-electron chi connectivity index (χ3n) is 3.36. The van der Waals surface area contributed by atoms with Crippen LogP contribution in [-0.2, 0) is 4.79 Å². The van der Waals surface area contributed by atoms with Crippen LogP contribution >= 0.6 is 0 Å². The molecule has 2 atom stereocenters. The number of rotatable bonds is 2. The van der Waals surface area contributed by atoms with Crippen molar-refractivity contribution in [3.63, 3.8) is 0 Å². The molecule has 0 spiro atoms. The van der Waals surface area contributed by atoms with E-state index in [1.165, 1.54) is 0 Å². The molecule has 17 heavy (non-hydrogen) atoms. The Hall–Kier alpha value is -1.64. The highest BCUT2D eigenvalue weighted by molar-refractivity contribution is 6.10. The maximum atomic E-state index is 12.1. The first-order valence-electron chi connectivity index (χ1n) is 6.08. The van der Waals surface area contributed by atoms with Crippen LogP contribution in [-0.4, -0.2) is 17.7 Å². The van der Waals surface area contributed by atoms with E-state index >= 15 is 0 Å². The van der Waals surface area contributed by atoms with Gasteiger partial charge in [-0.2, -0.15) is 0 Å². The number of nitrogens with zero attached hydrogens (tertiary/aromatic N) is 1. The fourth-order valence-corrected chi connectivity index (χ4v) is 2.06. The van der Waals surface area contributed by atoms with Gasteiger partial charge in [-0.1, -0.05) is 38.5 Å². The number of carbonyl (C=O) groups excluding carboxylic acids is 1. The summed E-state index contributed by atoms with van der Waals surface area (Å²) < 4.78 is 0. The molecule has 0 bridgehead atoms. The van der Waals surface area contributed by atoms with Crippen molar-refractivity contribution in [2.75, 3.05) is 5.32 Å². The molecular weight excluding hydrogens is 212 g/mol. The van der Waals surface area contributed by atoms with E-state index in [0.29, 0.717) is 0 Å². The minimum Gasteiger partial charge on any atom is -0.324 e. The fraction of sp³-hybridized carbons (Fsp3) is 0.429. The summed E-state index contributed by atoms with van der Waals surface area (Å²) in [7, 11) is 0. The Labute approximate surface area is 102 Å². The number of carbonyl (C=O) groups is 1. The molecule has 3 heteroatoms. The van der Waals surface area contributed by atoms with Crippen LogP contribution in [0.2, 0.25) is 0 Å². The maximum absolute atomic E-state index is 12.1. The first-order valence-corrected chi connectivity index (χ1v) is 6.08. The van der Waals surface area contributed by atoms with Crippen LogP contribution in [0.25, 0.3) is 0 Å². The molecule has 2 rings (SSSR count). The summed E-state index contributed by atoms with van der Waals surface area (Å²) in [4.78, 5) is 16.7. The summed E-state index contributed by atoms with van der Waals surface area (Å²) in [5.41, 5.74) is 2.82. The summed E-state index contributed by atoms with van der Waals surface area (Å²) >= 11 is 0. The average molecular weight is 230 g/mol. The molecule has 1 unspecified atom stereocenters. The summed E-state index contributed by atoms with van der Waals surface area (Å²) in [5.74, 6) is 0.267. The highest BCUT2D eigenvalue weighted by Crippen LogP contribution is 2.23. The number of anilines is 1. The van der Waals surface area contributed by atoms with Gasteiger partial charge in [0.05, 0.1) is 0 Å². The van der Waals surface area contributed by atoms with Gasteiger partial charge in [0.1, 0.15) is 6.04 Å². The van der Waals surface area contributed by atoms with E-state index in [0.717, 1.165) is 23.4 Å². The summed E-state index contributed by atoms with van der Waals surface area (Å²) in [6.07, 6.45) is 0.950. The van der Waals surface area contributed by atoms with Gasteiger partial charge in [-0.25, -0.2) is 0 Å². The Bertz CT molecular complexity index is 465. The van der Waals surface area contributed by atoms with Crippen LogP contribution in [0.15, 0.2) is 29.3 Å². The van der Waals surface area contributed by atoms with Crippen LogP contribution in [0, 0.1) is 5.92 Å². The third kappa shape index (κ3) is 2.23. The summed E-state index contributed by atoms with van der Waals surface area (Å²) in [5, 5.41) is 2.96. The standard InChI is InChI=1S/C14H18N2O/c1-4-9(2)13-14(17)16-12-8-6-5-7-11(12)10(3)15-13/h5-9,13H,4H2,1-3H3,(H,16,17)/t9?,13-/m0/s1. The fourth-order valence-electron chi connectivity index (χ4n) is 2.06. The van der Waals surface area contributed by atoms with E-state index in [2.05, 4.69) is 24.2 Å². The number of nitrogens with one attached hydrogen (secondary N) is 1. The van der Waals surface area contributed by atoms with E-state index in [9.17, 15) is 4.79 Å². The smallest absolute Gasteiger partial charge is 0.249 e. The van der Waals surface area contributed by atoms with Gasteiger partial charge in [0.25, 0.3) is 0 Å². The lowest BCUT2D eigenvalue weighted by Gasteiger charge is -2.16. The van der Waals surface area contributed by atoms with Crippen molar-refractivity contribution >= 4 is 17.3 Å². The molecule has 0 aliphatic carbocycles. The molecule has 0 saturated heterocycles. The van der Waals surface area contributed by atoms with E-state index < -0.39 is 0 Å². The molecule has 1 heterocycles. The van der Waals surface area contributed by atoms with Crippen molar-refractivity contribution in [3.05, 3.63) is 29.8 Å². The Morgan fingerprint density at radius 2 is 2.12 bits per heavy atom. The lowest BCUT2D eigenvalue weighted by Crippen LogP contribution is -2.31. The number of hydrogen-bond donors (Lipinski definition) is 1. The lowest BCUT2D eigenvalue weighted by molar-refractivity contribution is -0.118. The van der Waals surface area contributed by atoms with Crippen LogP contribution in [0.1, 0.15) is 32.8 Å². The van der Waals surface area contributed by atoms with E-state index in [1.807, 2.05) is 31.2 Å². The van der Waals surface area contributed by atoms with Crippen molar-refractivity contribution in [3.8, 4) is 0 Å². The normalized spacial score (nSPS) is 21.0. The highest BCUT2D eigenvalue weighted by atomic mass is 16.2. The molecule has 90 valence electrons. The molecule has 1 N–H and O–H groups in total. The van der Waals surface area contributed by atoms with Gasteiger partial charge in [0.2, 0.25) is 5.91 Å². The van der Waals surface area contributed by atoms with Gasteiger partial charge in [0, 0.05) is 17.0 Å². The van der Waals surface area contributed by atoms with Crippen molar-refractivity contribution < 1.29 is 4.79 Å². The first-order chi connectivity index (χ1) is 8.13. The van der Waals surface area contributed by atoms with E-state index in [4.69, 9.17) is 0 Å². The van der Waals surface area contributed by atoms with E-state index in [-0.39, 0.29) is 17.9 Å². The zero-order valence-corrected chi connectivity index (χ0v) is 10.5. The van der Waals surface area contributed by atoms with Gasteiger partial charge in [-0.05, 0) is 18.9 Å². The second-order valence-electron chi connectivity index (χ2n) is 4.58. The van der Waals surface area contributed by atoms with Crippen LogP contribution < -0.4 is 5.32 Å². The molecule has 1 amide bonds. The molecule has 0 saturated carbocycles. The molecule has 1 aliphatic heterocycles. The molecule has 0 radical (unpaired) electrons. The Morgan fingerprint density at radius 1 is 1.41 bits per heavy atom. The number of benzene rings is 1. The van der Waals surface area contributed by atoms with Crippen LogP contribution in [0.4, 0.5) is 5.69 Å². The Kier molecular flexibility index (Phi) is 3.27. The number of hydrogen-bond acceptors (Lipinski definition) is 2. The summed E-state index contributed by atoms with van der Waals surface area (Å²) in [6.45, 7) is 6.12. The topological polar surface area (TPSA) is 41.5 Å². The number of aliphatic imine (C=N–C) groups is 1. The predicted molar refractivity (Wildman–Crippen MR) is 70.5 cm³/mol. The zero-order valence-electron chi connectivity index (χ0n) is 10.5. The van der Waals surface area contributed by atoms with Crippen molar-refractivity contribution in [1.82, 2.24) is 0 Å². The second-order valence-corrected chi connectivity index (χ2v) is 4.58. The molecule has 0 aromatic heterocycles. The molecule has 1 aromatic carbocycles. The van der Waals surface area contributed by atoms with Crippen LogP contribution in [0.5, 0.6) is 0 Å². The van der Waals surface area contributed by atoms with Crippen LogP contribution in [0.3, 0.4) is 0 Å². The highest BCUT2D eigenvalue weighted by Gasteiger charge is 2.27. The maximum Gasteiger partial charge on any atom is 0.249 e. The largest absolute Gasteiger partial charge is 0.324 e. The van der Waals surface area contributed by atoms with Crippen molar-refractivity contribution in [1.29, 1.82) is 0 Å². The molecule has 1 aromatic rings. The number of fused-ring (bicyclic) bond motifs is 1. The first kappa shape index (κ1) is 11.8. The van der Waals surface area contributed by atoms with Gasteiger partial charge >= 0.3 is 0 Å². The zero-order chi connectivity index (χ0) is 12.4. The van der Waals surface area contributed by atoms with Gasteiger partial charge in [-0.3, -0.25) is 9.79 Å². The monoisotopic (exact) mass is 230 g/mol. The molecule has 3 nitrogen and oxygen atoms in total. The Morgan fingerprint density at radius 3 is 2.82 bits per heavy atom. The quantitative estimate of drug-likeness (QED) is 0.834. The second kappa shape index (κ2) is 4.70.